The number of carbonyl (C=O) groups is 2. The third-order valence-corrected chi connectivity index (χ3v) is 4.60. The van der Waals surface area contributed by atoms with Crippen LogP contribution in [0.4, 0.5) is 10.1 Å². The van der Waals surface area contributed by atoms with Gasteiger partial charge in [-0.1, -0.05) is 6.07 Å². The zero-order chi connectivity index (χ0) is 15.8. The largest absolute Gasteiger partial charge is 0.455 e. The highest BCUT2D eigenvalue weighted by molar-refractivity contribution is 6.53. The number of halogens is 3. The second-order valence-electron chi connectivity index (χ2n) is 5.30. The van der Waals surface area contributed by atoms with Crippen molar-refractivity contribution >= 4 is 40.8 Å². The number of carbonyl (C=O) groups excluding carboxylic acids is 2. The molecule has 0 unspecified atom stereocenters. The second kappa shape index (κ2) is 5.46. The predicted octanol–water partition coefficient (Wildman–Crippen LogP) is 3.20. The van der Waals surface area contributed by atoms with E-state index in [0.29, 0.717) is 11.3 Å². The van der Waals surface area contributed by atoms with Crippen molar-refractivity contribution in [1.82, 2.24) is 0 Å². The van der Waals surface area contributed by atoms with Crippen LogP contribution in [0.25, 0.3) is 0 Å². The first-order valence-corrected chi connectivity index (χ1v) is 7.02. The van der Waals surface area contributed by atoms with E-state index in [0.717, 1.165) is 0 Å². The monoisotopic (exact) mass is 333 g/mol. The molecule has 2 rings (SSSR count). The first kappa shape index (κ1) is 16.0. The molecule has 1 N–H and O–H groups in total. The minimum atomic E-state index is -1.14. The molecule has 21 heavy (non-hydrogen) atoms. The Balaban J connectivity index is 1.85. The van der Waals surface area contributed by atoms with Gasteiger partial charge in [-0.2, -0.15) is 0 Å². The van der Waals surface area contributed by atoms with Crippen molar-refractivity contribution in [1.29, 1.82) is 0 Å². The second-order valence-corrected chi connectivity index (χ2v) is 6.79. The fourth-order valence-corrected chi connectivity index (χ4v) is 2.47. The van der Waals surface area contributed by atoms with E-state index in [1.54, 1.807) is 19.9 Å². The van der Waals surface area contributed by atoms with Crippen molar-refractivity contribution in [3.63, 3.8) is 0 Å². The van der Waals surface area contributed by atoms with Crippen molar-refractivity contribution in [2.24, 2.45) is 5.41 Å². The van der Waals surface area contributed by atoms with Crippen LogP contribution in [0.15, 0.2) is 18.2 Å². The van der Waals surface area contributed by atoms with Crippen LogP contribution in [0.3, 0.4) is 0 Å². The van der Waals surface area contributed by atoms with E-state index in [2.05, 4.69) is 5.32 Å². The number of benzene rings is 1. The van der Waals surface area contributed by atoms with Gasteiger partial charge in [0.05, 0.1) is 0 Å². The molecule has 1 atom stereocenters. The van der Waals surface area contributed by atoms with Crippen LogP contribution >= 0.6 is 23.2 Å². The number of nitrogens with one attached hydrogen (secondary N) is 1. The lowest BCUT2D eigenvalue weighted by Crippen LogP contribution is -2.26. The molecule has 0 radical (unpaired) electrons. The number of ether oxygens (including phenoxy) is 1. The summed E-state index contributed by atoms with van der Waals surface area (Å²) in [5, 5.41) is 2.44. The normalized spacial score (nSPS) is 22.5. The molecule has 0 bridgehead atoms. The van der Waals surface area contributed by atoms with Gasteiger partial charge in [0.1, 0.15) is 15.6 Å². The Morgan fingerprint density at radius 1 is 1.43 bits per heavy atom. The van der Waals surface area contributed by atoms with Crippen LogP contribution < -0.4 is 5.32 Å². The van der Waals surface area contributed by atoms with Crippen molar-refractivity contribution in [3.8, 4) is 0 Å². The molecule has 0 heterocycles. The minimum absolute atomic E-state index is 0.284. The van der Waals surface area contributed by atoms with Gasteiger partial charge in [0, 0.05) is 12.1 Å². The van der Waals surface area contributed by atoms with Gasteiger partial charge < -0.3 is 10.1 Å². The molecule has 1 aliphatic carbocycles. The Morgan fingerprint density at radius 2 is 2.05 bits per heavy atom. The molecular formula is C14H14Cl2FNO3. The van der Waals surface area contributed by atoms with Crippen molar-refractivity contribution in [2.75, 3.05) is 11.9 Å². The van der Waals surface area contributed by atoms with Crippen molar-refractivity contribution in [3.05, 3.63) is 29.6 Å². The molecular weight excluding hydrogens is 320 g/mol. The van der Waals surface area contributed by atoms with E-state index < -0.39 is 34.0 Å². The number of alkyl halides is 2. The highest BCUT2D eigenvalue weighted by atomic mass is 35.5. The van der Waals surface area contributed by atoms with Crippen molar-refractivity contribution in [2.45, 2.75) is 24.6 Å². The first-order chi connectivity index (χ1) is 9.65. The highest BCUT2D eigenvalue weighted by Gasteiger charge is 2.69. The zero-order valence-corrected chi connectivity index (χ0v) is 13.0. The number of esters is 1. The average molecular weight is 334 g/mol. The van der Waals surface area contributed by atoms with Crippen LogP contribution in [-0.2, 0) is 14.3 Å². The lowest BCUT2D eigenvalue weighted by molar-refractivity contribution is -0.152. The van der Waals surface area contributed by atoms with E-state index in [-0.39, 0.29) is 6.42 Å². The number of rotatable bonds is 4. The molecule has 1 fully saturated rings. The minimum Gasteiger partial charge on any atom is -0.455 e. The quantitative estimate of drug-likeness (QED) is 0.680. The molecule has 7 heteroatoms. The lowest BCUT2D eigenvalue weighted by atomic mass is 10.1. The van der Waals surface area contributed by atoms with Crippen LogP contribution in [0.1, 0.15) is 18.9 Å². The van der Waals surface area contributed by atoms with Crippen LogP contribution in [0, 0.1) is 18.2 Å². The zero-order valence-electron chi connectivity index (χ0n) is 11.5. The van der Waals surface area contributed by atoms with Crippen LogP contribution in [0.2, 0.25) is 0 Å². The Hall–Kier alpha value is -1.33. The Morgan fingerprint density at radius 3 is 2.57 bits per heavy atom. The third kappa shape index (κ3) is 3.30. The summed E-state index contributed by atoms with van der Waals surface area (Å²) in [5.41, 5.74) is -0.214. The van der Waals surface area contributed by atoms with E-state index in [1.165, 1.54) is 12.1 Å². The SMILES string of the molecule is Cc1ccc(NC(=O)COC(=O)[C@@]2(C)CC2(Cl)Cl)cc1F. The van der Waals surface area contributed by atoms with E-state index in [4.69, 9.17) is 27.9 Å². The summed E-state index contributed by atoms with van der Waals surface area (Å²) in [5.74, 6) is -1.62. The summed E-state index contributed by atoms with van der Waals surface area (Å²) in [6.45, 7) is 2.71. The molecule has 1 aliphatic rings. The molecule has 1 saturated carbocycles. The van der Waals surface area contributed by atoms with Crippen LogP contribution in [0.5, 0.6) is 0 Å². The number of anilines is 1. The molecule has 1 aromatic carbocycles. The standard InChI is InChI=1S/C14H14Cl2FNO3/c1-8-3-4-9(5-10(8)17)18-11(19)6-21-12(20)13(2)7-14(13,15)16/h3-5H,6-7H2,1-2H3,(H,18,19)/t13-/m1/s1. The summed E-state index contributed by atoms with van der Waals surface area (Å²) in [7, 11) is 0. The first-order valence-electron chi connectivity index (χ1n) is 6.27. The molecule has 4 nitrogen and oxygen atoms in total. The molecule has 114 valence electrons. The van der Waals surface area contributed by atoms with Gasteiger partial charge in [0.2, 0.25) is 0 Å². The fraction of sp³-hybridized carbons (Fsp3) is 0.429. The van der Waals surface area contributed by atoms with Gasteiger partial charge >= 0.3 is 5.97 Å². The van der Waals surface area contributed by atoms with Gasteiger partial charge in [-0.3, -0.25) is 9.59 Å². The topological polar surface area (TPSA) is 55.4 Å². The highest BCUT2D eigenvalue weighted by Crippen LogP contribution is 2.64. The Bertz CT molecular complexity index is 606. The summed E-state index contributed by atoms with van der Waals surface area (Å²) < 4.78 is 17.1. The summed E-state index contributed by atoms with van der Waals surface area (Å²) in [6, 6.07) is 4.29. The Kier molecular flexibility index (Phi) is 4.17. The number of amides is 1. The molecule has 0 spiro atoms. The fourth-order valence-electron chi connectivity index (χ4n) is 1.78. The van der Waals surface area contributed by atoms with Gasteiger partial charge in [-0.15, -0.1) is 23.2 Å². The number of aryl methyl sites for hydroxylation is 1. The molecule has 0 aliphatic heterocycles. The van der Waals surface area contributed by atoms with Gasteiger partial charge in [-0.05, 0) is 31.5 Å². The average Bonchev–Trinajstić information content (AvgIpc) is 2.91. The Labute approximate surface area is 131 Å². The van der Waals surface area contributed by atoms with E-state index >= 15 is 0 Å². The maximum absolute atomic E-state index is 13.3. The molecule has 0 saturated heterocycles. The number of hydrogen-bond acceptors (Lipinski definition) is 3. The molecule has 1 aromatic rings. The predicted molar refractivity (Wildman–Crippen MR) is 77.9 cm³/mol. The smallest absolute Gasteiger partial charge is 0.315 e. The van der Waals surface area contributed by atoms with E-state index in [9.17, 15) is 14.0 Å². The third-order valence-electron chi connectivity index (χ3n) is 3.50. The maximum atomic E-state index is 13.3. The van der Waals surface area contributed by atoms with Gasteiger partial charge in [0.25, 0.3) is 5.91 Å². The molecule has 0 aromatic heterocycles. The van der Waals surface area contributed by atoms with Crippen molar-refractivity contribution < 1.29 is 18.7 Å². The van der Waals surface area contributed by atoms with E-state index in [1.807, 2.05) is 0 Å². The van der Waals surface area contributed by atoms with Crippen LogP contribution in [-0.4, -0.2) is 22.8 Å². The summed E-state index contributed by atoms with van der Waals surface area (Å²) in [4.78, 5) is 23.4. The molecule has 1 amide bonds. The van der Waals surface area contributed by atoms with Gasteiger partial charge in [-0.25, -0.2) is 4.39 Å². The lowest BCUT2D eigenvalue weighted by Gasteiger charge is -2.12. The number of hydrogen-bond donors (Lipinski definition) is 1. The van der Waals surface area contributed by atoms with Gasteiger partial charge in [0.15, 0.2) is 6.61 Å². The summed E-state index contributed by atoms with van der Waals surface area (Å²) in [6.07, 6.45) is 0.284. The maximum Gasteiger partial charge on any atom is 0.315 e. The summed E-state index contributed by atoms with van der Waals surface area (Å²) >= 11 is 11.7.